The third-order valence-corrected chi connectivity index (χ3v) is 10.6. The van der Waals surface area contributed by atoms with Crippen LogP contribution in [0.25, 0.3) is 0 Å². The van der Waals surface area contributed by atoms with Crippen molar-refractivity contribution < 1.29 is 37.4 Å². The van der Waals surface area contributed by atoms with Crippen LogP contribution in [0.4, 0.5) is 0 Å². The van der Waals surface area contributed by atoms with E-state index in [1.807, 2.05) is 20.8 Å². The molecule has 0 radical (unpaired) electrons. The second-order valence-electron chi connectivity index (χ2n) is 14.3. The van der Waals surface area contributed by atoms with Crippen LogP contribution in [0.3, 0.4) is 0 Å². The molecule has 2 saturated heterocycles. The van der Waals surface area contributed by atoms with Crippen molar-refractivity contribution in [1.29, 1.82) is 0 Å². The summed E-state index contributed by atoms with van der Waals surface area (Å²) < 4.78 is 39.1. The molecule has 0 aromatic carbocycles. The number of epoxide rings is 1. The normalized spacial score (nSPS) is 40.1. The molecule has 4 rings (SSSR count). The van der Waals surface area contributed by atoms with E-state index in [1.165, 1.54) is 6.92 Å². The minimum absolute atomic E-state index is 0.120. The Morgan fingerprint density at radius 3 is 2.21 bits per heavy atom. The first kappa shape index (κ1) is 29.9. The highest BCUT2D eigenvalue weighted by Gasteiger charge is 2.86. The molecule has 0 amide bonds. The van der Waals surface area contributed by atoms with Gasteiger partial charge in [-0.05, 0) is 57.7 Å². The Balaban J connectivity index is 1.85. The first-order chi connectivity index (χ1) is 17.4. The number of hydrogen-bond acceptors (Lipinski definition) is 8. The Kier molecular flexibility index (Phi) is 7.72. The van der Waals surface area contributed by atoms with E-state index in [9.17, 15) is 9.59 Å². The molecule has 2 bridgehead atoms. The fourth-order valence-electron chi connectivity index (χ4n) is 6.97. The van der Waals surface area contributed by atoms with Crippen LogP contribution < -0.4 is 0 Å². The average Bonchev–Trinajstić information content (AvgIpc) is 3.52. The molecule has 10 heteroatoms. The monoisotopic (exact) mass is 568 g/mol. The summed E-state index contributed by atoms with van der Waals surface area (Å²) in [4.78, 5) is 25.0. The van der Waals surface area contributed by atoms with Crippen LogP contribution in [0.2, 0.25) is 39.3 Å². The molecule has 2 aliphatic carbocycles. The number of carbonyl (C=O) groups excluding carboxylic acids is 2. The molecule has 1 saturated carbocycles. The van der Waals surface area contributed by atoms with Gasteiger partial charge in [-0.25, -0.2) is 0 Å². The van der Waals surface area contributed by atoms with Crippen LogP contribution in [-0.2, 0) is 37.4 Å². The Labute approximate surface area is 230 Å². The Morgan fingerprint density at radius 2 is 1.71 bits per heavy atom. The molecule has 4 aliphatic rings. The van der Waals surface area contributed by atoms with Crippen molar-refractivity contribution in [2.24, 2.45) is 16.7 Å². The number of fused-ring (bicyclic) bond motifs is 2. The summed E-state index contributed by atoms with van der Waals surface area (Å²) in [6.45, 7) is 23.4. The quantitative estimate of drug-likeness (QED) is 0.169. The SMILES string of the molecule is CC(=O)OCC12CC(OC(=O)CC(C)C)C(C)=CC1OC1C(O[Si](C)(C)C)C(O[Si](C)(C)C)C2(C)C12CO2. The summed E-state index contributed by atoms with van der Waals surface area (Å²) in [6.07, 6.45) is 1.12. The van der Waals surface area contributed by atoms with Gasteiger partial charge in [-0.15, -0.1) is 0 Å². The summed E-state index contributed by atoms with van der Waals surface area (Å²) in [6, 6.07) is 0. The van der Waals surface area contributed by atoms with Crippen molar-refractivity contribution in [3.05, 3.63) is 11.6 Å². The molecule has 2 aliphatic heterocycles. The smallest absolute Gasteiger partial charge is 0.306 e. The summed E-state index contributed by atoms with van der Waals surface area (Å²) in [5.74, 6) is -0.386. The third-order valence-electron chi connectivity index (χ3n) is 8.66. The summed E-state index contributed by atoms with van der Waals surface area (Å²) >= 11 is 0. The van der Waals surface area contributed by atoms with Gasteiger partial charge < -0.3 is 27.8 Å². The molecule has 3 fully saturated rings. The lowest BCUT2D eigenvalue weighted by atomic mass is 9.51. The van der Waals surface area contributed by atoms with Gasteiger partial charge >= 0.3 is 11.9 Å². The van der Waals surface area contributed by atoms with Gasteiger partial charge in [0.1, 0.15) is 24.4 Å². The van der Waals surface area contributed by atoms with Crippen LogP contribution in [0, 0.1) is 16.7 Å². The van der Waals surface area contributed by atoms with Crippen LogP contribution in [0.15, 0.2) is 11.6 Å². The van der Waals surface area contributed by atoms with E-state index in [1.54, 1.807) is 0 Å². The molecular formula is C28H48O8Si2. The first-order valence-electron chi connectivity index (χ1n) is 14.0. The molecule has 8 unspecified atom stereocenters. The predicted molar refractivity (Wildman–Crippen MR) is 149 cm³/mol. The third kappa shape index (κ3) is 5.09. The van der Waals surface area contributed by atoms with E-state index in [0.29, 0.717) is 19.4 Å². The van der Waals surface area contributed by atoms with E-state index in [2.05, 4.69) is 52.3 Å². The molecule has 0 aromatic heterocycles. The average molecular weight is 569 g/mol. The van der Waals surface area contributed by atoms with Crippen LogP contribution >= 0.6 is 0 Å². The van der Waals surface area contributed by atoms with E-state index in [4.69, 9.17) is 27.8 Å². The molecular weight excluding hydrogens is 520 g/mol. The molecule has 38 heavy (non-hydrogen) atoms. The van der Waals surface area contributed by atoms with Gasteiger partial charge in [0.2, 0.25) is 0 Å². The van der Waals surface area contributed by atoms with Gasteiger partial charge in [-0.1, -0.05) is 26.8 Å². The van der Waals surface area contributed by atoms with Crippen LogP contribution in [0.5, 0.6) is 0 Å². The second kappa shape index (κ2) is 9.80. The lowest BCUT2D eigenvalue weighted by molar-refractivity contribution is -0.237. The number of ether oxygens (including phenoxy) is 4. The van der Waals surface area contributed by atoms with E-state index in [-0.39, 0.29) is 48.9 Å². The van der Waals surface area contributed by atoms with Gasteiger partial charge in [-0.2, -0.15) is 0 Å². The van der Waals surface area contributed by atoms with Gasteiger partial charge in [0, 0.05) is 30.6 Å². The van der Waals surface area contributed by atoms with Gasteiger partial charge in [0.15, 0.2) is 16.6 Å². The summed E-state index contributed by atoms with van der Waals surface area (Å²) in [5, 5.41) is 0. The molecule has 2 heterocycles. The van der Waals surface area contributed by atoms with Crippen molar-refractivity contribution in [3.63, 3.8) is 0 Å². The van der Waals surface area contributed by atoms with Crippen LogP contribution in [0.1, 0.15) is 47.5 Å². The van der Waals surface area contributed by atoms with E-state index in [0.717, 1.165) is 5.57 Å². The highest BCUT2D eigenvalue weighted by molar-refractivity contribution is 6.70. The highest BCUT2D eigenvalue weighted by atomic mass is 28.4. The number of hydrogen-bond donors (Lipinski definition) is 0. The van der Waals surface area contributed by atoms with Crippen molar-refractivity contribution in [2.45, 2.75) is 123 Å². The number of rotatable bonds is 9. The minimum Gasteiger partial charge on any atom is -0.465 e. The summed E-state index contributed by atoms with van der Waals surface area (Å²) in [5.41, 5.74) is -1.03. The minimum atomic E-state index is -2.07. The van der Waals surface area contributed by atoms with Gasteiger partial charge in [0.05, 0.1) is 24.9 Å². The summed E-state index contributed by atoms with van der Waals surface area (Å²) in [7, 11) is -4.09. The molecule has 0 N–H and O–H groups in total. The van der Waals surface area contributed by atoms with Crippen molar-refractivity contribution in [1.82, 2.24) is 0 Å². The van der Waals surface area contributed by atoms with Crippen LogP contribution in [-0.4, -0.2) is 77.9 Å². The van der Waals surface area contributed by atoms with Crippen molar-refractivity contribution in [3.8, 4) is 0 Å². The maximum Gasteiger partial charge on any atom is 0.306 e. The topological polar surface area (TPSA) is 92.8 Å². The van der Waals surface area contributed by atoms with E-state index < -0.39 is 39.2 Å². The Bertz CT molecular complexity index is 978. The molecule has 216 valence electrons. The zero-order valence-corrected chi connectivity index (χ0v) is 27.1. The largest absolute Gasteiger partial charge is 0.465 e. The second-order valence-corrected chi connectivity index (χ2v) is 23.3. The molecule has 8 atom stereocenters. The zero-order chi connectivity index (χ0) is 28.5. The standard InChI is InChI=1S/C28H48O8Si2/c1-17(2)12-22(30)33-20-14-27(15-31-19(4)29)21(13-18(20)3)34-25-23(35-37(6,7)8)24(36-38(9,10)11)26(27,5)28(25)16-32-28/h13,17,20-21,23-25H,12,14-16H2,1-11H3. The molecule has 0 aromatic rings. The Morgan fingerprint density at radius 1 is 1.11 bits per heavy atom. The fraction of sp³-hybridized carbons (Fsp3) is 0.857. The van der Waals surface area contributed by atoms with E-state index >= 15 is 0 Å². The lowest BCUT2D eigenvalue weighted by Crippen LogP contribution is -2.68. The number of esters is 2. The predicted octanol–water partition coefficient (Wildman–Crippen LogP) is 4.84. The van der Waals surface area contributed by atoms with Crippen molar-refractivity contribution in [2.75, 3.05) is 13.2 Å². The molecule has 1 spiro atoms. The maximum absolute atomic E-state index is 12.8. The molecule has 8 nitrogen and oxygen atoms in total. The number of carbonyl (C=O) groups is 2. The first-order valence-corrected chi connectivity index (χ1v) is 20.8. The maximum atomic E-state index is 12.8. The lowest BCUT2D eigenvalue weighted by Gasteiger charge is -2.59. The van der Waals surface area contributed by atoms with Gasteiger partial charge in [-0.3, -0.25) is 9.59 Å². The highest BCUT2D eigenvalue weighted by Crippen LogP contribution is 2.73. The van der Waals surface area contributed by atoms with Crippen molar-refractivity contribution >= 4 is 28.6 Å². The zero-order valence-electron chi connectivity index (χ0n) is 25.1. The Hall–Kier alpha value is -1.05. The fourth-order valence-corrected chi connectivity index (χ4v) is 9.16. The van der Waals surface area contributed by atoms with Gasteiger partial charge in [0.25, 0.3) is 0 Å².